The second kappa shape index (κ2) is 6.35. The average Bonchev–Trinajstić information content (AvgIpc) is 3.04. The molecule has 2 aromatic carbocycles. The van der Waals surface area contributed by atoms with Gasteiger partial charge in [0.05, 0.1) is 36.9 Å². The minimum absolute atomic E-state index is 0.0335. The highest BCUT2D eigenvalue weighted by atomic mass is 16.5. The van der Waals surface area contributed by atoms with Crippen molar-refractivity contribution >= 4 is 23.0 Å². The number of ether oxygens (including phenoxy) is 2. The van der Waals surface area contributed by atoms with E-state index in [1.54, 1.807) is 18.2 Å². The predicted molar refractivity (Wildman–Crippen MR) is 101 cm³/mol. The van der Waals surface area contributed by atoms with Gasteiger partial charge in [-0.1, -0.05) is 18.2 Å². The van der Waals surface area contributed by atoms with Crippen molar-refractivity contribution in [2.45, 2.75) is 13.0 Å². The summed E-state index contributed by atoms with van der Waals surface area (Å²) in [4.78, 5) is 17.3. The predicted octanol–water partition coefficient (Wildman–Crippen LogP) is 3.21. The van der Waals surface area contributed by atoms with Gasteiger partial charge in [-0.2, -0.15) is 0 Å². The Morgan fingerprint density at radius 2 is 2.00 bits per heavy atom. The maximum absolute atomic E-state index is 12.6. The molecule has 0 radical (unpaired) electrons. The van der Waals surface area contributed by atoms with Crippen LogP contribution in [0.4, 0.5) is 5.95 Å². The molecule has 3 aromatic rings. The molecular weight excluding hydrogens is 346 g/mol. The molecule has 138 valence electrons. The summed E-state index contributed by atoms with van der Waals surface area (Å²) in [6, 6.07) is 12.3. The summed E-state index contributed by atoms with van der Waals surface area (Å²) in [6.07, 6.45) is 0. The fourth-order valence-electron chi connectivity index (χ4n) is 3.52. The lowest BCUT2D eigenvalue weighted by Gasteiger charge is -2.30. The Hall–Kier alpha value is -3.48. The zero-order chi connectivity index (χ0) is 19.1. The van der Waals surface area contributed by atoms with Crippen LogP contribution in [0.2, 0.25) is 0 Å². The first kappa shape index (κ1) is 17.0. The van der Waals surface area contributed by atoms with Gasteiger partial charge >= 0.3 is 5.97 Å². The zero-order valence-corrected chi connectivity index (χ0v) is 15.2. The highest BCUT2D eigenvalue weighted by Gasteiger charge is 2.35. The highest BCUT2D eigenvalue weighted by molar-refractivity contribution is 5.94. The van der Waals surface area contributed by atoms with E-state index in [9.17, 15) is 9.90 Å². The first-order valence-electron chi connectivity index (χ1n) is 8.45. The molecule has 0 spiro atoms. The number of aromatic nitrogens is 2. The Balaban J connectivity index is 2.01. The lowest BCUT2D eigenvalue weighted by atomic mass is 9.94. The number of imidazole rings is 1. The fraction of sp³-hybridized carbons (Fsp3) is 0.200. The normalized spacial score (nSPS) is 16.0. The number of fused-ring (bicyclic) bond motifs is 3. The number of benzene rings is 2. The molecule has 2 heterocycles. The van der Waals surface area contributed by atoms with E-state index in [1.165, 1.54) is 14.2 Å². The van der Waals surface area contributed by atoms with Crippen molar-refractivity contribution in [3.8, 4) is 11.5 Å². The van der Waals surface area contributed by atoms with Crippen LogP contribution >= 0.6 is 0 Å². The van der Waals surface area contributed by atoms with Crippen LogP contribution in [0.1, 0.15) is 18.5 Å². The van der Waals surface area contributed by atoms with Crippen molar-refractivity contribution in [2.24, 2.45) is 0 Å². The number of nitrogens with zero attached hydrogens (tertiary/aromatic N) is 2. The molecule has 1 aliphatic rings. The third kappa shape index (κ3) is 2.59. The van der Waals surface area contributed by atoms with E-state index in [2.05, 4.69) is 10.3 Å². The molecule has 0 amide bonds. The Labute approximate surface area is 155 Å². The van der Waals surface area contributed by atoms with E-state index < -0.39 is 12.0 Å². The lowest BCUT2D eigenvalue weighted by Crippen LogP contribution is -2.28. The molecule has 0 fully saturated rings. The summed E-state index contributed by atoms with van der Waals surface area (Å²) >= 11 is 0. The molecule has 0 saturated carbocycles. The number of phenols is 1. The largest absolute Gasteiger partial charge is 0.504 e. The second-order valence-electron chi connectivity index (χ2n) is 6.28. The van der Waals surface area contributed by atoms with E-state index in [0.29, 0.717) is 23.0 Å². The monoisotopic (exact) mass is 365 g/mol. The molecule has 2 N–H and O–H groups in total. The first-order valence-corrected chi connectivity index (χ1v) is 8.45. The molecule has 1 aliphatic heterocycles. The maximum atomic E-state index is 12.6. The number of anilines is 1. The third-order valence-corrected chi connectivity index (χ3v) is 4.76. The number of carbonyl (C=O) groups excluding carboxylic acids is 1. The maximum Gasteiger partial charge on any atom is 0.337 e. The van der Waals surface area contributed by atoms with Crippen molar-refractivity contribution in [3.63, 3.8) is 0 Å². The first-order chi connectivity index (χ1) is 13.0. The van der Waals surface area contributed by atoms with Crippen LogP contribution in [-0.4, -0.2) is 34.8 Å². The van der Waals surface area contributed by atoms with Crippen LogP contribution < -0.4 is 10.1 Å². The number of esters is 1. The number of phenolic OH excluding ortho intramolecular Hbond substituents is 1. The van der Waals surface area contributed by atoms with Crippen LogP contribution in [0.15, 0.2) is 53.7 Å². The van der Waals surface area contributed by atoms with E-state index in [1.807, 2.05) is 35.8 Å². The summed E-state index contributed by atoms with van der Waals surface area (Å²) in [6.45, 7) is 1.82. The van der Waals surface area contributed by atoms with Crippen LogP contribution in [0.3, 0.4) is 0 Å². The number of carbonyl (C=O) groups is 1. The van der Waals surface area contributed by atoms with Crippen molar-refractivity contribution in [1.82, 2.24) is 9.55 Å². The number of aromatic hydroxyl groups is 1. The summed E-state index contributed by atoms with van der Waals surface area (Å²) in [5.41, 5.74) is 3.61. The molecular formula is C20H19N3O4. The van der Waals surface area contributed by atoms with E-state index in [4.69, 9.17) is 9.47 Å². The molecule has 7 heteroatoms. The Bertz CT molecular complexity index is 1080. The van der Waals surface area contributed by atoms with Crippen LogP contribution in [0.5, 0.6) is 11.5 Å². The van der Waals surface area contributed by atoms with Gasteiger partial charge in [-0.25, -0.2) is 9.78 Å². The number of rotatable bonds is 3. The number of hydrogen-bond acceptors (Lipinski definition) is 6. The molecule has 27 heavy (non-hydrogen) atoms. The van der Waals surface area contributed by atoms with E-state index >= 15 is 0 Å². The smallest absolute Gasteiger partial charge is 0.337 e. The number of allylic oxidation sites excluding steroid dienone is 1. The van der Waals surface area contributed by atoms with Crippen molar-refractivity contribution in [2.75, 3.05) is 19.5 Å². The van der Waals surface area contributed by atoms with Crippen molar-refractivity contribution in [3.05, 3.63) is 59.3 Å². The van der Waals surface area contributed by atoms with Crippen LogP contribution in [0.25, 0.3) is 11.0 Å². The molecule has 1 aromatic heterocycles. The number of methoxy groups -OCH3 is 2. The minimum Gasteiger partial charge on any atom is -0.504 e. The molecule has 1 atom stereocenters. The Morgan fingerprint density at radius 3 is 2.74 bits per heavy atom. The van der Waals surface area contributed by atoms with Gasteiger partial charge in [0, 0.05) is 5.70 Å². The van der Waals surface area contributed by atoms with Crippen molar-refractivity contribution in [1.29, 1.82) is 0 Å². The van der Waals surface area contributed by atoms with Gasteiger partial charge in [0.2, 0.25) is 5.95 Å². The van der Waals surface area contributed by atoms with Gasteiger partial charge in [0.1, 0.15) is 0 Å². The Morgan fingerprint density at radius 1 is 1.22 bits per heavy atom. The highest BCUT2D eigenvalue weighted by Crippen LogP contribution is 2.41. The van der Waals surface area contributed by atoms with Crippen LogP contribution in [0, 0.1) is 0 Å². The van der Waals surface area contributed by atoms with Gasteiger partial charge in [-0.15, -0.1) is 0 Å². The molecule has 0 aliphatic carbocycles. The summed E-state index contributed by atoms with van der Waals surface area (Å²) < 4.78 is 12.3. The topological polar surface area (TPSA) is 85.6 Å². The standard InChI is InChI=1S/C20H19N3O4/c1-11-17(19(25)27-3)18(12-8-9-15(24)16(10-12)26-2)23-14-7-5-4-6-13(14)22-20(23)21-11/h4-10,18,24H,1-3H3,(H,21,22)/t18-/m1/s1. The van der Waals surface area contributed by atoms with Gasteiger partial charge in [-0.3, -0.25) is 4.57 Å². The van der Waals surface area contributed by atoms with Gasteiger partial charge in [-0.05, 0) is 36.8 Å². The lowest BCUT2D eigenvalue weighted by molar-refractivity contribution is -0.136. The molecule has 7 nitrogen and oxygen atoms in total. The van der Waals surface area contributed by atoms with E-state index in [-0.39, 0.29) is 5.75 Å². The zero-order valence-electron chi connectivity index (χ0n) is 15.2. The molecule has 0 bridgehead atoms. The fourth-order valence-corrected chi connectivity index (χ4v) is 3.52. The molecule has 4 rings (SSSR count). The quantitative estimate of drug-likeness (QED) is 0.693. The number of para-hydroxylation sites is 2. The average molecular weight is 365 g/mol. The van der Waals surface area contributed by atoms with E-state index in [0.717, 1.165) is 16.6 Å². The SMILES string of the molecule is COC(=O)C1=C(C)Nc2nc3ccccc3n2[C@@H]1c1ccc(O)c(OC)c1. The molecule has 0 unspecified atom stereocenters. The summed E-state index contributed by atoms with van der Waals surface area (Å²) in [5, 5.41) is 13.2. The summed E-state index contributed by atoms with van der Waals surface area (Å²) in [7, 11) is 2.85. The number of nitrogens with one attached hydrogen (secondary N) is 1. The summed E-state index contributed by atoms with van der Waals surface area (Å²) in [5.74, 6) is 0.573. The van der Waals surface area contributed by atoms with Crippen LogP contribution in [-0.2, 0) is 9.53 Å². The molecule has 0 saturated heterocycles. The third-order valence-electron chi connectivity index (χ3n) is 4.76. The van der Waals surface area contributed by atoms with Gasteiger partial charge < -0.3 is 19.9 Å². The number of hydrogen-bond donors (Lipinski definition) is 2. The van der Waals surface area contributed by atoms with Gasteiger partial charge in [0.15, 0.2) is 11.5 Å². The Kier molecular flexibility index (Phi) is 3.99. The second-order valence-corrected chi connectivity index (χ2v) is 6.28. The van der Waals surface area contributed by atoms with Crippen molar-refractivity contribution < 1.29 is 19.4 Å². The van der Waals surface area contributed by atoms with Gasteiger partial charge in [0.25, 0.3) is 0 Å². The minimum atomic E-state index is -0.476.